The van der Waals surface area contributed by atoms with Crippen molar-refractivity contribution in [3.8, 4) is 0 Å². The molecule has 0 unspecified atom stereocenters. The van der Waals surface area contributed by atoms with E-state index >= 15 is 0 Å². The monoisotopic (exact) mass is 361 g/mol. The fraction of sp³-hybridized carbons (Fsp3) is 0.444. The summed E-state index contributed by atoms with van der Waals surface area (Å²) in [6.07, 6.45) is -4.40. The van der Waals surface area contributed by atoms with E-state index in [1.807, 2.05) is 22.6 Å². The molecule has 1 amide bonds. The summed E-state index contributed by atoms with van der Waals surface area (Å²) >= 11 is 3.35. The molecule has 1 aromatic heterocycles. The second kappa shape index (κ2) is 3.86. The zero-order valence-corrected chi connectivity index (χ0v) is 10.9. The van der Waals surface area contributed by atoms with Gasteiger partial charge in [0.1, 0.15) is 5.54 Å². The summed E-state index contributed by atoms with van der Waals surface area (Å²) in [5, 5.41) is 3.64. The van der Waals surface area contributed by atoms with E-state index in [9.17, 15) is 18.0 Å². The quantitative estimate of drug-likeness (QED) is 0.806. The van der Waals surface area contributed by atoms with Gasteiger partial charge in [-0.15, -0.1) is 11.3 Å². The second-order valence-corrected chi connectivity index (χ2v) is 6.48. The lowest BCUT2D eigenvalue weighted by Crippen LogP contribution is -2.47. The molecule has 7 heteroatoms. The summed E-state index contributed by atoms with van der Waals surface area (Å²) in [5.74, 6) is -0.644. The summed E-state index contributed by atoms with van der Waals surface area (Å²) in [7, 11) is 0. The minimum atomic E-state index is -4.36. The number of thiophene rings is 1. The minimum absolute atomic E-state index is 0.0243. The van der Waals surface area contributed by atoms with Crippen molar-refractivity contribution in [1.82, 2.24) is 5.32 Å². The number of alkyl halides is 3. The van der Waals surface area contributed by atoms with Crippen LogP contribution in [0.5, 0.6) is 0 Å². The van der Waals surface area contributed by atoms with Crippen LogP contribution in [-0.4, -0.2) is 17.6 Å². The lowest BCUT2D eigenvalue weighted by atomic mass is 10.2. The standard InChI is InChI=1S/C9H7F3INOS/c10-9(11,12)8(1-2-8)14-7(15)5-3-6(13)16-4-5/h3-4H,1-2H2,(H,14,15). The Morgan fingerprint density at radius 2 is 2.12 bits per heavy atom. The van der Waals surface area contributed by atoms with Crippen LogP contribution in [0.2, 0.25) is 0 Å². The summed E-state index contributed by atoms with van der Waals surface area (Å²) in [6.45, 7) is 0. The third kappa shape index (κ3) is 2.20. The Morgan fingerprint density at radius 1 is 1.50 bits per heavy atom. The highest BCUT2D eigenvalue weighted by Gasteiger charge is 2.64. The molecular formula is C9H7F3INOS. The maximum absolute atomic E-state index is 12.6. The number of halogens is 4. The van der Waals surface area contributed by atoms with Gasteiger partial charge in [0.15, 0.2) is 0 Å². The van der Waals surface area contributed by atoms with E-state index in [0.717, 1.165) is 2.88 Å². The lowest BCUT2D eigenvalue weighted by molar-refractivity contribution is -0.163. The van der Waals surface area contributed by atoms with Crippen molar-refractivity contribution < 1.29 is 18.0 Å². The molecule has 1 aromatic rings. The Bertz CT molecular complexity index is 425. The molecule has 2 nitrogen and oxygen atoms in total. The molecule has 1 heterocycles. The molecule has 0 saturated heterocycles. The van der Waals surface area contributed by atoms with Crippen LogP contribution >= 0.6 is 33.9 Å². The molecule has 1 fully saturated rings. The first-order valence-electron chi connectivity index (χ1n) is 4.47. The topological polar surface area (TPSA) is 29.1 Å². The molecule has 0 aliphatic heterocycles. The molecule has 1 saturated carbocycles. The zero-order valence-electron chi connectivity index (χ0n) is 7.90. The van der Waals surface area contributed by atoms with E-state index < -0.39 is 17.6 Å². The van der Waals surface area contributed by atoms with Gasteiger partial charge in [0, 0.05) is 5.38 Å². The Morgan fingerprint density at radius 3 is 2.50 bits per heavy atom. The number of hydrogen-bond donors (Lipinski definition) is 1. The van der Waals surface area contributed by atoms with E-state index in [4.69, 9.17) is 0 Å². The molecule has 16 heavy (non-hydrogen) atoms. The van der Waals surface area contributed by atoms with Gasteiger partial charge in [-0.2, -0.15) is 13.2 Å². The van der Waals surface area contributed by atoms with Crippen molar-refractivity contribution in [3.05, 3.63) is 19.9 Å². The van der Waals surface area contributed by atoms with Crippen LogP contribution in [0.3, 0.4) is 0 Å². The molecule has 0 radical (unpaired) electrons. The third-order valence-electron chi connectivity index (χ3n) is 2.48. The van der Waals surface area contributed by atoms with Gasteiger partial charge in [-0.25, -0.2) is 0 Å². The van der Waals surface area contributed by atoms with E-state index in [1.165, 1.54) is 11.3 Å². The smallest absolute Gasteiger partial charge is 0.338 e. The Hall–Kier alpha value is -0.310. The first-order chi connectivity index (χ1) is 7.34. The van der Waals surface area contributed by atoms with Crippen molar-refractivity contribution in [3.63, 3.8) is 0 Å². The van der Waals surface area contributed by atoms with Crippen molar-refractivity contribution in [2.24, 2.45) is 0 Å². The van der Waals surface area contributed by atoms with Crippen LogP contribution < -0.4 is 5.32 Å². The SMILES string of the molecule is O=C(NC1(C(F)(F)F)CC1)c1csc(I)c1. The number of hydrogen-bond acceptors (Lipinski definition) is 2. The average molecular weight is 361 g/mol. The summed E-state index contributed by atoms with van der Waals surface area (Å²) in [4.78, 5) is 11.6. The maximum atomic E-state index is 12.6. The predicted octanol–water partition coefficient (Wildman–Crippen LogP) is 3.18. The molecule has 2 rings (SSSR count). The van der Waals surface area contributed by atoms with Gasteiger partial charge in [-0.1, -0.05) is 0 Å². The van der Waals surface area contributed by atoms with Gasteiger partial charge in [-0.3, -0.25) is 4.79 Å². The molecule has 0 bridgehead atoms. The highest BCUT2D eigenvalue weighted by Crippen LogP contribution is 2.49. The summed E-state index contributed by atoms with van der Waals surface area (Å²) < 4.78 is 38.6. The maximum Gasteiger partial charge on any atom is 0.411 e. The van der Waals surface area contributed by atoms with Crippen LogP contribution in [0.15, 0.2) is 11.4 Å². The van der Waals surface area contributed by atoms with Crippen LogP contribution in [0, 0.1) is 2.88 Å². The third-order valence-corrected chi connectivity index (χ3v) is 4.26. The Kier molecular flexibility index (Phi) is 2.94. The highest BCUT2D eigenvalue weighted by molar-refractivity contribution is 14.1. The Balaban J connectivity index is 2.09. The minimum Gasteiger partial charge on any atom is -0.338 e. The number of carbonyl (C=O) groups is 1. The lowest BCUT2D eigenvalue weighted by Gasteiger charge is -2.20. The van der Waals surface area contributed by atoms with Crippen molar-refractivity contribution in [2.75, 3.05) is 0 Å². The van der Waals surface area contributed by atoms with Gasteiger partial charge < -0.3 is 5.32 Å². The molecular weight excluding hydrogens is 354 g/mol. The fourth-order valence-corrected chi connectivity index (χ4v) is 2.65. The van der Waals surface area contributed by atoms with E-state index in [2.05, 4.69) is 5.32 Å². The Labute approximate surface area is 107 Å². The first kappa shape index (κ1) is 12.2. The van der Waals surface area contributed by atoms with Crippen molar-refractivity contribution in [2.45, 2.75) is 24.6 Å². The average Bonchev–Trinajstić information content (AvgIpc) is 2.81. The summed E-state index contributed by atoms with van der Waals surface area (Å²) in [5.41, 5.74) is -1.68. The molecule has 0 aromatic carbocycles. The second-order valence-electron chi connectivity index (χ2n) is 3.67. The van der Waals surface area contributed by atoms with Gasteiger partial charge in [0.2, 0.25) is 0 Å². The molecule has 0 atom stereocenters. The van der Waals surface area contributed by atoms with Gasteiger partial charge in [0.25, 0.3) is 5.91 Å². The number of rotatable bonds is 2. The van der Waals surface area contributed by atoms with Crippen LogP contribution in [0.4, 0.5) is 13.2 Å². The predicted molar refractivity (Wildman–Crippen MR) is 62.5 cm³/mol. The van der Waals surface area contributed by atoms with E-state index in [0.29, 0.717) is 5.56 Å². The largest absolute Gasteiger partial charge is 0.411 e. The zero-order chi connectivity index (χ0) is 12.0. The molecule has 1 aliphatic rings. The van der Waals surface area contributed by atoms with E-state index in [-0.39, 0.29) is 12.8 Å². The van der Waals surface area contributed by atoms with Crippen molar-refractivity contribution >= 4 is 39.8 Å². The number of carbonyl (C=O) groups excluding carboxylic acids is 1. The molecule has 88 valence electrons. The van der Waals surface area contributed by atoms with Gasteiger partial charge in [-0.05, 0) is 41.5 Å². The van der Waals surface area contributed by atoms with Gasteiger partial charge >= 0.3 is 6.18 Å². The van der Waals surface area contributed by atoms with Crippen LogP contribution in [0.25, 0.3) is 0 Å². The summed E-state index contributed by atoms with van der Waals surface area (Å²) in [6, 6.07) is 1.58. The molecule has 1 aliphatic carbocycles. The van der Waals surface area contributed by atoms with E-state index in [1.54, 1.807) is 11.4 Å². The molecule has 0 spiro atoms. The van der Waals surface area contributed by atoms with Crippen LogP contribution in [0.1, 0.15) is 23.2 Å². The number of nitrogens with one attached hydrogen (secondary N) is 1. The van der Waals surface area contributed by atoms with Crippen LogP contribution in [-0.2, 0) is 0 Å². The highest BCUT2D eigenvalue weighted by atomic mass is 127. The molecule has 1 N–H and O–H groups in total. The normalized spacial score (nSPS) is 18.2. The van der Waals surface area contributed by atoms with Gasteiger partial charge in [0.05, 0.1) is 8.45 Å². The fourth-order valence-electron chi connectivity index (χ4n) is 1.32. The first-order valence-corrected chi connectivity index (χ1v) is 6.43. The number of amides is 1. The van der Waals surface area contributed by atoms with Crippen molar-refractivity contribution in [1.29, 1.82) is 0 Å².